The molecular formula is C21H18ClN5O3S. The van der Waals surface area contributed by atoms with Crippen molar-refractivity contribution in [3.05, 3.63) is 72.0 Å². The molecule has 4 N–H and O–H groups in total. The number of nitrogens with one attached hydrogen (secondary N) is 2. The molecule has 10 heteroatoms. The molecule has 4 aromatic rings. The Hall–Kier alpha value is -3.40. The van der Waals surface area contributed by atoms with E-state index in [2.05, 4.69) is 20.0 Å². The predicted octanol–water partition coefficient (Wildman–Crippen LogP) is 4.32. The number of hydrogen-bond donors (Lipinski definition) is 3. The fourth-order valence-corrected chi connectivity index (χ4v) is 3.80. The molecule has 0 atom stereocenters. The summed E-state index contributed by atoms with van der Waals surface area (Å²) in [6, 6.07) is 16.6. The molecule has 2 aromatic carbocycles. The standard InChI is InChI=1S/C21H18ClN5O3S/c1-30-21-20(27-31(23,28)29)10-14(12-25-21)13-5-6-18-17(9-13)19(7-8-24-18)26-16-4-2-3-15(22)11-16/h2-12,27H,1H3,(H,24,26)(H2,23,28,29). The zero-order valence-corrected chi connectivity index (χ0v) is 17.9. The molecule has 4 rings (SSSR count). The van der Waals surface area contributed by atoms with Gasteiger partial charge in [-0.25, -0.2) is 10.1 Å². The van der Waals surface area contributed by atoms with Crippen LogP contribution in [-0.2, 0) is 10.2 Å². The lowest BCUT2D eigenvalue weighted by Crippen LogP contribution is -2.22. The van der Waals surface area contributed by atoms with E-state index in [1.807, 2.05) is 42.5 Å². The second kappa shape index (κ2) is 8.38. The molecule has 2 heterocycles. The molecule has 0 aliphatic heterocycles. The van der Waals surface area contributed by atoms with E-state index in [0.717, 1.165) is 27.8 Å². The van der Waals surface area contributed by atoms with Gasteiger partial charge < -0.3 is 10.1 Å². The van der Waals surface area contributed by atoms with Crippen molar-refractivity contribution in [2.45, 2.75) is 0 Å². The van der Waals surface area contributed by atoms with Crippen LogP contribution in [-0.4, -0.2) is 25.5 Å². The van der Waals surface area contributed by atoms with Gasteiger partial charge in [0.25, 0.3) is 10.2 Å². The summed E-state index contributed by atoms with van der Waals surface area (Å²) in [7, 11) is -2.59. The highest BCUT2D eigenvalue weighted by Gasteiger charge is 2.13. The van der Waals surface area contributed by atoms with Gasteiger partial charge in [0.2, 0.25) is 5.88 Å². The molecule has 0 fully saturated rings. The number of pyridine rings is 2. The van der Waals surface area contributed by atoms with Crippen LogP contribution in [0.25, 0.3) is 22.0 Å². The Morgan fingerprint density at radius 3 is 2.58 bits per heavy atom. The number of aromatic nitrogens is 2. The first-order valence-corrected chi connectivity index (χ1v) is 11.0. The Labute approximate surface area is 184 Å². The Morgan fingerprint density at radius 1 is 1.00 bits per heavy atom. The van der Waals surface area contributed by atoms with Crippen molar-refractivity contribution < 1.29 is 13.2 Å². The minimum atomic E-state index is -3.99. The maximum Gasteiger partial charge on any atom is 0.296 e. The third-order valence-corrected chi connectivity index (χ3v) is 5.21. The summed E-state index contributed by atoms with van der Waals surface area (Å²) >= 11 is 6.09. The molecular weight excluding hydrogens is 438 g/mol. The first-order valence-electron chi connectivity index (χ1n) is 9.09. The van der Waals surface area contributed by atoms with E-state index >= 15 is 0 Å². The summed E-state index contributed by atoms with van der Waals surface area (Å²) < 4.78 is 30.3. The van der Waals surface area contributed by atoms with E-state index in [1.54, 1.807) is 24.5 Å². The molecule has 0 spiro atoms. The van der Waals surface area contributed by atoms with Gasteiger partial charge in [-0.05, 0) is 48.0 Å². The van der Waals surface area contributed by atoms with Crippen LogP contribution in [0.4, 0.5) is 17.1 Å². The second-order valence-corrected chi connectivity index (χ2v) is 8.38. The molecule has 0 radical (unpaired) electrons. The molecule has 158 valence electrons. The average molecular weight is 456 g/mol. The van der Waals surface area contributed by atoms with E-state index in [-0.39, 0.29) is 11.6 Å². The maximum atomic E-state index is 11.5. The predicted molar refractivity (Wildman–Crippen MR) is 123 cm³/mol. The van der Waals surface area contributed by atoms with E-state index in [0.29, 0.717) is 10.6 Å². The first kappa shape index (κ1) is 20.9. The van der Waals surface area contributed by atoms with E-state index < -0.39 is 10.2 Å². The molecule has 0 unspecified atom stereocenters. The highest BCUT2D eigenvalue weighted by atomic mass is 35.5. The number of halogens is 1. The second-order valence-electron chi connectivity index (χ2n) is 6.65. The largest absolute Gasteiger partial charge is 0.479 e. The Bertz CT molecular complexity index is 1380. The molecule has 0 aliphatic carbocycles. The number of anilines is 3. The zero-order valence-electron chi connectivity index (χ0n) is 16.3. The third kappa shape index (κ3) is 4.85. The normalized spacial score (nSPS) is 11.3. The molecule has 31 heavy (non-hydrogen) atoms. The van der Waals surface area contributed by atoms with Crippen LogP contribution < -0.4 is 19.9 Å². The monoisotopic (exact) mass is 455 g/mol. The van der Waals surface area contributed by atoms with Crippen LogP contribution >= 0.6 is 11.6 Å². The van der Waals surface area contributed by atoms with Gasteiger partial charge in [-0.15, -0.1) is 0 Å². The van der Waals surface area contributed by atoms with Crippen LogP contribution in [0.1, 0.15) is 0 Å². The molecule has 0 bridgehead atoms. The van der Waals surface area contributed by atoms with Crippen LogP contribution in [0.15, 0.2) is 67.0 Å². The summed E-state index contributed by atoms with van der Waals surface area (Å²) in [6.45, 7) is 0. The molecule has 0 amide bonds. The number of hydrogen-bond acceptors (Lipinski definition) is 6. The lowest BCUT2D eigenvalue weighted by atomic mass is 10.0. The van der Waals surface area contributed by atoms with E-state index in [4.69, 9.17) is 21.5 Å². The Morgan fingerprint density at radius 2 is 1.84 bits per heavy atom. The van der Waals surface area contributed by atoms with Gasteiger partial charge in [-0.2, -0.15) is 8.42 Å². The van der Waals surface area contributed by atoms with Crippen molar-refractivity contribution in [1.82, 2.24) is 9.97 Å². The van der Waals surface area contributed by atoms with Gasteiger partial charge in [0.15, 0.2) is 0 Å². The van der Waals surface area contributed by atoms with Crippen molar-refractivity contribution in [1.29, 1.82) is 0 Å². The number of benzene rings is 2. The lowest BCUT2D eigenvalue weighted by Gasteiger charge is -2.13. The number of nitrogens with two attached hydrogens (primary N) is 1. The van der Waals surface area contributed by atoms with Crippen molar-refractivity contribution in [3.8, 4) is 17.0 Å². The fraction of sp³-hybridized carbons (Fsp3) is 0.0476. The van der Waals surface area contributed by atoms with Gasteiger partial charge in [0.1, 0.15) is 5.69 Å². The van der Waals surface area contributed by atoms with Crippen LogP contribution in [0.5, 0.6) is 5.88 Å². The summed E-state index contributed by atoms with van der Waals surface area (Å²) in [5.41, 5.74) is 4.11. The summed E-state index contributed by atoms with van der Waals surface area (Å²) in [6.07, 6.45) is 3.31. The minimum absolute atomic E-state index is 0.114. The van der Waals surface area contributed by atoms with Gasteiger partial charge in [-0.1, -0.05) is 23.7 Å². The van der Waals surface area contributed by atoms with Crippen molar-refractivity contribution in [3.63, 3.8) is 0 Å². The highest BCUT2D eigenvalue weighted by Crippen LogP contribution is 2.33. The number of methoxy groups -OCH3 is 1. The topological polar surface area (TPSA) is 119 Å². The van der Waals surface area contributed by atoms with Crippen LogP contribution in [0, 0.1) is 0 Å². The quantitative estimate of drug-likeness (QED) is 0.398. The smallest absolute Gasteiger partial charge is 0.296 e. The number of ether oxygens (including phenoxy) is 1. The summed E-state index contributed by atoms with van der Waals surface area (Å²) in [5.74, 6) is 0.114. The van der Waals surface area contributed by atoms with Gasteiger partial charge >= 0.3 is 0 Å². The molecule has 2 aromatic heterocycles. The van der Waals surface area contributed by atoms with Gasteiger partial charge in [0, 0.05) is 39.7 Å². The number of nitrogens with zero attached hydrogens (tertiary/aromatic N) is 2. The van der Waals surface area contributed by atoms with Crippen molar-refractivity contribution in [2.24, 2.45) is 5.14 Å². The van der Waals surface area contributed by atoms with Crippen molar-refractivity contribution in [2.75, 3.05) is 17.1 Å². The zero-order chi connectivity index (χ0) is 22.0. The fourth-order valence-electron chi connectivity index (χ4n) is 3.16. The number of fused-ring (bicyclic) bond motifs is 1. The molecule has 0 saturated heterocycles. The maximum absolute atomic E-state index is 11.5. The third-order valence-electron chi connectivity index (χ3n) is 4.48. The van der Waals surface area contributed by atoms with Crippen LogP contribution in [0.2, 0.25) is 5.02 Å². The van der Waals surface area contributed by atoms with Crippen LogP contribution in [0.3, 0.4) is 0 Å². The Balaban J connectivity index is 1.78. The molecule has 0 aliphatic rings. The molecule has 8 nitrogen and oxygen atoms in total. The highest BCUT2D eigenvalue weighted by molar-refractivity contribution is 7.90. The van der Waals surface area contributed by atoms with E-state index in [1.165, 1.54) is 7.11 Å². The first-order chi connectivity index (χ1) is 14.8. The summed E-state index contributed by atoms with van der Waals surface area (Å²) in [5, 5.41) is 9.97. The molecule has 0 saturated carbocycles. The van der Waals surface area contributed by atoms with Crippen molar-refractivity contribution >= 4 is 49.8 Å². The summed E-state index contributed by atoms with van der Waals surface area (Å²) in [4.78, 5) is 8.61. The minimum Gasteiger partial charge on any atom is -0.479 e. The SMILES string of the molecule is COc1ncc(-c2ccc3nccc(Nc4cccc(Cl)c4)c3c2)cc1NS(N)(=O)=O. The average Bonchev–Trinajstić information content (AvgIpc) is 2.72. The Kier molecular flexibility index (Phi) is 5.64. The van der Waals surface area contributed by atoms with E-state index in [9.17, 15) is 8.42 Å². The van der Waals surface area contributed by atoms with Gasteiger partial charge in [0.05, 0.1) is 12.6 Å². The lowest BCUT2D eigenvalue weighted by molar-refractivity contribution is 0.400. The number of rotatable bonds is 6. The van der Waals surface area contributed by atoms with Gasteiger partial charge in [-0.3, -0.25) is 9.71 Å².